The smallest absolute Gasteiger partial charge is 0.226 e. The van der Waals surface area contributed by atoms with Crippen molar-refractivity contribution in [3.8, 4) is 0 Å². The number of aromatic nitrogens is 2. The molecule has 0 aromatic carbocycles. The normalized spacial score (nSPS) is 19.0. The fraction of sp³-hybridized carbons (Fsp3) is 0.833. The van der Waals surface area contributed by atoms with Crippen LogP contribution in [0.2, 0.25) is 0 Å². The van der Waals surface area contributed by atoms with Crippen LogP contribution in [0.15, 0.2) is 4.52 Å². The zero-order chi connectivity index (χ0) is 12.8. The van der Waals surface area contributed by atoms with Crippen molar-refractivity contribution in [3.05, 3.63) is 11.7 Å². The lowest BCUT2D eigenvalue weighted by Crippen LogP contribution is -2.43. The van der Waals surface area contributed by atoms with Gasteiger partial charge in [0.1, 0.15) is 0 Å². The minimum absolute atomic E-state index is 0.230. The quantitative estimate of drug-likeness (QED) is 0.795. The van der Waals surface area contributed by atoms with Crippen molar-refractivity contribution in [2.45, 2.75) is 32.4 Å². The summed E-state index contributed by atoms with van der Waals surface area (Å²) in [4.78, 5) is 6.75. The monoisotopic (exact) mass is 254 g/mol. The lowest BCUT2D eigenvalue weighted by atomic mass is 10.2. The summed E-state index contributed by atoms with van der Waals surface area (Å²) >= 11 is 0. The van der Waals surface area contributed by atoms with Crippen LogP contribution in [0.5, 0.6) is 0 Å². The molecule has 2 rings (SSSR count). The van der Waals surface area contributed by atoms with E-state index in [1.165, 1.54) is 0 Å². The van der Waals surface area contributed by atoms with Gasteiger partial charge in [0.15, 0.2) is 5.82 Å². The van der Waals surface area contributed by atoms with Gasteiger partial charge < -0.3 is 14.6 Å². The van der Waals surface area contributed by atoms with Gasteiger partial charge in [-0.1, -0.05) is 5.16 Å². The Hall–Kier alpha value is -0.980. The molecule has 1 aliphatic rings. The van der Waals surface area contributed by atoms with Crippen molar-refractivity contribution in [3.63, 3.8) is 0 Å². The van der Waals surface area contributed by atoms with Crippen LogP contribution in [0, 0.1) is 0 Å². The van der Waals surface area contributed by atoms with Crippen LogP contribution in [0.3, 0.4) is 0 Å². The van der Waals surface area contributed by atoms with Crippen LogP contribution in [-0.2, 0) is 17.7 Å². The molecule has 18 heavy (non-hydrogen) atoms. The van der Waals surface area contributed by atoms with Crippen molar-refractivity contribution in [2.75, 3.05) is 33.3 Å². The van der Waals surface area contributed by atoms with E-state index < -0.39 is 0 Å². The summed E-state index contributed by atoms with van der Waals surface area (Å²) in [5.74, 6) is 1.50. The molecule has 1 aromatic heterocycles. The van der Waals surface area contributed by atoms with Crippen LogP contribution in [0.25, 0.3) is 0 Å². The minimum Gasteiger partial charge on any atom is -0.382 e. The predicted octanol–water partition coefficient (Wildman–Crippen LogP) is 0.442. The van der Waals surface area contributed by atoms with Gasteiger partial charge in [-0.3, -0.25) is 4.90 Å². The number of hydrogen-bond donors (Lipinski definition) is 1. The van der Waals surface area contributed by atoms with E-state index >= 15 is 0 Å². The summed E-state index contributed by atoms with van der Waals surface area (Å²) in [6.45, 7) is 6.99. The van der Waals surface area contributed by atoms with Crippen molar-refractivity contribution in [2.24, 2.45) is 0 Å². The number of rotatable bonds is 6. The number of methoxy groups -OCH3 is 1. The number of aryl methyl sites for hydroxylation is 1. The molecule has 1 unspecified atom stereocenters. The fourth-order valence-corrected chi connectivity index (χ4v) is 1.97. The Kier molecular flexibility index (Phi) is 5.10. The molecule has 2 heterocycles. The predicted molar refractivity (Wildman–Crippen MR) is 67.2 cm³/mol. The summed E-state index contributed by atoms with van der Waals surface area (Å²) < 4.78 is 10.4. The lowest BCUT2D eigenvalue weighted by Gasteiger charge is -2.25. The first kappa shape index (κ1) is 13.5. The molecule has 6 heteroatoms. The second kappa shape index (κ2) is 6.82. The van der Waals surface area contributed by atoms with Gasteiger partial charge in [0.05, 0.1) is 12.6 Å². The maximum absolute atomic E-state index is 5.24. The third-order valence-corrected chi connectivity index (χ3v) is 3.25. The van der Waals surface area contributed by atoms with E-state index in [0.29, 0.717) is 5.89 Å². The maximum atomic E-state index is 5.24. The Bertz CT molecular complexity index is 350. The van der Waals surface area contributed by atoms with Gasteiger partial charge >= 0.3 is 0 Å². The molecular weight excluding hydrogens is 232 g/mol. The molecule has 0 saturated carbocycles. The Morgan fingerprint density at radius 1 is 1.44 bits per heavy atom. The summed E-state index contributed by atoms with van der Waals surface area (Å²) in [6, 6.07) is 0. The highest BCUT2D eigenvalue weighted by molar-refractivity contribution is 4.88. The van der Waals surface area contributed by atoms with E-state index in [4.69, 9.17) is 9.26 Å². The van der Waals surface area contributed by atoms with Gasteiger partial charge in [-0.15, -0.1) is 0 Å². The van der Waals surface area contributed by atoms with Crippen molar-refractivity contribution < 1.29 is 9.26 Å². The van der Waals surface area contributed by atoms with Gasteiger partial charge in [-0.05, 0) is 13.3 Å². The Morgan fingerprint density at radius 2 is 2.22 bits per heavy atom. The van der Waals surface area contributed by atoms with Crippen molar-refractivity contribution in [1.82, 2.24) is 20.4 Å². The number of hydrogen-bond acceptors (Lipinski definition) is 6. The van der Waals surface area contributed by atoms with Crippen LogP contribution >= 0.6 is 0 Å². The van der Waals surface area contributed by atoms with Crippen molar-refractivity contribution in [1.29, 1.82) is 0 Å². The zero-order valence-electron chi connectivity index (χ0n) is 11.2. The third kappa shape index (κ3) is 4.04. The highest BCUT2D eigenvalue weighted by Crippen LogP contribution is 2.07. The van der Waals surface area contributed by atoms with E-state index in [1.807, 2.05) is 6.92 Å². The van der Waals surface area contributed by atoms with Crippen molar-refractivity contribution >= 4 is 0 Å². The molecule has 102 valence electrons. The maximum Gasteiger partial charge on any atom is 0.226 e. The van der Waals surface area contributed by atoms with E-state index in [-0.39, 0.29) is 6.10 Å². The minimum atomic E-state index is 0.230. The SMILES string of the molecule is COC(C)CCc1nc(CN2CCNCC2)no1. The lowest BCUT2D eigenvalue weighted by molar-refractivity contribution is 0.109. The highest BCUT2D eigenvalue weighted by atomic mass is 16.5. The molecule has 0 aliphatic carbocycles. The van der Waals surface area contributed by atoms with Gasteiger partial charge in [0, 0.05) is 39.7 Å². The van der Waals surface area contributed by atoms with Gasteiger partial charge in [0.25, 0.3) is 0 Å². The standard InChI is InChI=1S/C12H22N4O2/c1-10(17-2)3-4-12-14-11(15-18-12)9-16-7-5-13-6-8-16/h10,13H,3-9H2,1-2H3. The molecule has 1 saturated heterocycles. The molecule has 0 spiro atoms. The molecule has 0 radical (unpaired) electrons. The first-order valence-corrected chi connectivity index (χ1v) is 6.55. The number of nitrogens with one attached hydrogen (secondary N) is 1. The largest absolute Gasteiger partial charge is 0.382 e. The van der Waals surface area contributed by atoms with E-state index in [2.05, 4.69) is 20.4 Å². The molecule has 1 aliphatic heterocycles. The number of piperazine rings is 1. The summed E-state index contributed by atoms with van der Waals surface area (Å²) in [5, 5.41) is 7.35. The molecule has 1 fully saturated rings. The van der Waals surface area contributed by atoms with Crippen LogP contribution in [0.4, 0.5) is 0 Å². The number of nitrogens with zero attached hydrogens (tertiary/aromatic N) is 3. The first-order valence-electron chi connectivity index (χ1n) is 6.55. The molecule has 1 atom stereocenters. The first-order chi connectivity index (χ1) is 8.78. The topological polar surface area (TPSA) is 63.4 Å². The molecule has 0 bridgehead atoms. The third-order valence-electron chi connectivity index (χ3n) is 3.25. The Balaban J connectivity index is 1.78. The zero-order valence-corrected chi connectivity index (χ0v) is 11.2. The van der Waals surface area contributed by atoms with Gasteiger partial charge in [-0.2, -0.15) is 4.98 Å². The molecule has 1 aromatic rings. The van der Waals surface area contributed by atoms with Gasteiger partial charge in [-0.25, -0.2) is 0 Å². The van der Waals surface area contributed by atoms with Crippen LogP contribution in [0.1, 0.15) is 25.1 Å². The molecule has 6 nitrogen and oxygen atoms in total. The average molecular weight is 254 g/mol. The summed E-state index contributed by atoms with van der Waals surface area (Å²) in [6.07, 6.45) is 1.92. The van der Waals surface area contributed by atoms with Crippen LogP contribution < -0.4 is 5.32 Å². The molecule has 1 N–H and O–H groups in total. The second-order valence-corrected chi connectivity index (χ2v) is 4.72. The molecular formula is C12H22N4O2. The van der Waals surface area contributed by atoms with Crippen LogP contribution in [-0.4, -0.2) is 54.4 Å². The number of ether oxygens (including phenoxy) is 1. The Morgan fingerprint density at radius 3 is 2.94 bits per heavy atom. The Labute approximate surface area is 108 Å². The summed E-state index contributed by atoms with van der Waals surface area (Å²) in [7, 11) is 1.72. The molecule has 0 amide bonds. The average Bonchev–Trinajstić information content (AvgIpc) is 2.85. The van der Waals surface area contributed by atoms with E-state index in [9.17, 15) is 0 Å². The highest BCUT2D eigenvalue weighted by Gasteiger charge is 2.14. The fourth-order valence-electron chi connectivity index (χ4n) is 1.97. The van der Waals surface area contributed by atoms with E-state index in [0.717, 1.165) is 51.4 Å². The van der Waals surface area contributed by atoms with Gasteiger partial charge in [0.2, 0.25) is 5.89 Å². The van der Waals surface area contributed by atoms with E-state index in [1.54, 1.807) is 7.11 Å². The summed E-state index contributed by atoms with van der Waals surface area (Å²) in [5.41, 5.74) is 0. The second-order valence-electron chi connectivity index (χ2n) is 4.72.